The molecule has 1 unspecified atom stereocenters. The number of hydrogen-bond acceptors (Lipinski definition) is 4. The van der Waals surface area contributed by atoms with Crippen molar-refractivity contribution >= 4 is 23.6 Å². The van der Waals surface area contributed by atoms with Gasteiger partial charge in [0.05, 0.1) is 17.5 Å². The van der Waals surface area contributed by atoms with E-state index in [0.717, 1.165) is 37.9 Å². The molecule has 6 heteroatoms. The molecule has 148 valence electrons. The first kappa shape index (κ1) is 20.2. The van der Waals surface area contributed by atoms with Gasteiger partial charge in [-0.2, -0.15) is 0 Å². The molecule has 1 aliphatic heterocycles. The third-order valence-corrected chi connectivity index (χ3v) is 6.96. The number of amides is 2. The Kier molecular flexibility index (Phi) is 6.82. The average molecular weight is 390 g/mol. The van der Waals surface area contributed by atoms with E-state index < -0.39 is 12.1 Å². The van der Waals surface area contributed by atoms with Crippen LogP contribution in [0, 0.1) is 0 Å². The van der Waals surface area contributed by atoms with Crippen molar-refractivity contribution in [3.8, 4) is 0 Å². The van der Waals surface area contributed by atoms with Crippen LogP contribution in [-0.2, 0) is 16.0 Å². The number of carbonyl (C=O) groups excluding carboxylic acids is 2. The quantitative estimate of drug-likeness (QED) is 0.812. The summed E-state index contributed by atoms with van der Waals surface area (Å²) in [6.07, 6.45) is 5.60. The molecule has 0 bridgehead atoms. The van der Waals surface area contributed by atoms with Crippen LogP contribution in [0.3, 0.4) is 0 Å². The monoisotopic (exact) mass is 389 g/mol. The minimum Gasteiger partial charge on any atom is -0.348 e. The van der Waals surface area contributed by atoms with E-state index in [2.05, 4.69) is 30.4 Å². The summed E-state index contributed by atoms with van der Waals surface area (Å²) in [5, 5.41) is 3.23. The minimum atomic E-state index is -0.514. The lowest BCUT2D eigenvalue weighted by atomic mass is 9.87. The second-order valence-corrected chi connectivity index (χ2v) is 8.87. The molecular formula is C21H31N3O2S. The van der Waals surface area contributed by atoms with E-state index in [9.17, 15) is 9.59 Å². The molecule has 1 fully saturated rings. The summed E-state index contributed by atoms with van der Waals surface area (Å²) < 4.78 is 0. The SMILES string of the molecule is CCC[C@@H]1SCC[C@H](N)C(=O)N1C(C)C(=O)N[C@@H]1CCCc2ccccc21. The summed E-state index contributed by atoms with van der Waals surface area (Å²) in [7, 11) is 0. The summed E-state index contributed by atoms with van der Waals surface area (Å²) in [6, 6.07) is 7.32. The van der Waals surface area contributed by atoms with Gasteiger partial charge in [-0.15, -0.1) is 11.8 Å². The molecule has 0 spiro atoms. The Labute approximate surface area is 166 Å². The van der Waals surface area contributed by atoms with Crippen molar-refractivity contribution < 1.29 is 9.59 Å². The van der Waals surface area contributed by atoms with Gasteiger partial charge in [0.1, 0.15) is 6.04 Å². The summed E-state index contributed by atoms with van der Waals surface area (Å²) in [5.41, 5.74) is 8.60. The zero-order valence-electron chi connectivity index (χ0n) is 16.3. The van der Waals surface area contributed by atoms with E-state index in [4.69, 9.17) is 5.73 Å². The Balaban J connectivity index is 1.76. The van der Waals surface area contributed by atoms with Crippen LogP contribution in [0.5, 0.6) is 0 Å². The van der Waals surface area contributed by atoms with Gasteiger partial charge in [0, 0.05) is 0 Å². The zero-order valence-corrected chi connectivity index (χ0v) is 17.1. The number of nitrogens with zero attached hydrogens (tertiary/aromatic N) is 1. The fourth-order valence-electron chi connectivity index (χ4n) is 4.10. The first-order valence-corrected chi connectivity index (χ1v) is 11.1. The number of aryl methyl sites for hydroxylation is 1. The summed E-state index contributed by atoms with van der Waals surface area (Å²) in [6.45, 7) is 3.95. The highest BCUT2D eigenvalue weighted by Gasteiger charge is 2.37. The zero-order chi connectivity index (χ0) is 19.4. The average Bonchev–Trinajstić information content (AvgIpc) is 2.80. The number of fused-ring (bicyclic) bond motifs is 1. The van der Waals surface area contributed by atoms with Gasteiger partial charge < -0.3 is 16.0 Å². The normalized spacial score (nSPS) is 26.9. The molecule has 1 aromatic rings. The van der Waals surface area contributed by atoms with E-state index in [-0.39, 0.29) is 23.2 Å². The van der Waals surface area contributed by atoms with Crippen LogP contribution in [0.1, 0.15) is 63.1 Å². The second-order valence-electron chi connectivity index (χ2n) is 7.58. The third-order valence-electron chi connectivity index (χ3n) is 5.64. The van der Waals surface area contributed by atoms with Gasteiger partial charge in [0.2, 0.25) is 11.8 Å². The van der Waals surface area contributed by atoms with Crippen LogP contribution >= 0.6 is 11.8 Å². The van der Waals surface area contributed by atoms with Crippen molar-refractivity contribution in [2.45, 2.75) is 75.9 Å². The van der Waals surface area contributed by atoms with E-state index in [0.29, 0.717) is 6.42 Å². The minimum absolute atomic E-state index is 0.0236. The van der Waals surface area contributed by atoms with Crippen molar-refractivity contribution in [2.75, 3.05) is 5.75 Å². The molecule has 3 rings (SSSR count). The number of nitrogens with two attached hydrogens (primary N) is 1. The van der Waals surface area contributed by atoms with E-state index in [1.807, 2.05) is 13.0 Å². The van der Waals surface area contributed by atoms with Crippen LogP contribution in [0.25, 0.3) is 0 Å². The third kappa shape index (κ3) is 4.49. The topological polar surface area (TPSA) is 75.4 Å². The second kappa shape index (κ2) is 9.11. The molecule has 0 radical (unpaired) electrons. The van der Waals surface area contributed by atoms with Gasteiger partial charge in [-0.25, -0.2) is 0 Å². The Morgan fingerprint density at radius 1 is 1.37 bits per heavy atom. The number of benzene rings is 1. The Morgan fingerprint density at radius 3 is 2.93 bits per heavy atom. The number of rotatable bonds is 5. The predicted molar refractivity (Wildman–Crippen MR) is 110 cm³/mol. The van der Waals surface area contributed by atoms with Crippen molar-refractivity contribution in [3.05, 3.63) is 35.4 Å². The number of carbonyl (C=O) groups is 2. The standard InChI is InChI=1S/C21H31N3O2S/c1-3-7-19-24(21(26)17(22)12-13-27-19)14(2)20(25)23-18-11-6-9-15-8-4-5-10-16(15)18/h4-5,8,10,14,17-19H,3,6-7,9,11-13,22H2,1-2H3,(H,23,25)/t14?,17-,18+,19-/m0/s1. The largest absolute Gasteiger partial charge is 0.348 e. The van der Waals surface area contributed by atoms with Crippen molar-refractivity contribution in [3.63, 3.8) is 0 Å². The Bertz CT molecular complexity index is 681. The fourth-order valence-corrected chi connectivity index (χ4v) is 5.61. The Morgan fingerprint density at radius 2 is 2.15 bits per heavy atom. The Hall–Kier alpha value is -1.53. The van der Waals surface area contributed by atoms with Crippen LogP contribution in [0.15, 0.2) is 24.3 Å². The molecule has 1 aromatic carbocycles. The van der Waals surface area contributed by atoms with Gasteiger partial charge in [0.15, 0.2) is 0 Å². The van der Waals surface area contributed by atoms with Gasteiger partial charge in [-0.1, -0.05) is 37.6 Å². The molecule has 1 aliphatic carbocycles. The maximum absolute atomic E-state index is 13.1. The summed E-state index contributed by atoms with van der Waals surface area (Å²) in [4.78, 5) is 27.7. The van der Waals surface area contributed by atoms with Crippen LogP contribution in [0.2, 0.25) is 0 Å². The molecule has 2 aliphatic rings. The first-order valence-electron chi connectivity index (χ1n) is 10.1. The number of hydrogen-bond donors (Lipinski definition) is 2. The highest BCUT2D eigenvalue weighted by atomic mass is 32.2. The van der Waals surface area contributed by atoms with E-state index in [1.54, 1.807) is 16.7 Å². The molecule has 0 aromatic heterocycles. The summed E-state index contributed by atoms with van der Waals surface area (Å²) in [5.74, 6) is 0.685. The smallest absolute Gasteiger partial charge is 0.243 e. The lowest BCUT2D eigenvalue weighted by Crippen LogP contribution is -2.55. The molecule has 27 heavy (non-hydrogen) atoms. The van der Waals surface area contributed by atoms with Crippen molar-refractivity contribution in [1.29, 1.82) is 0 Å². The van der Waals surface area contributed by atoms with E-state index >= 15 is 0 Å². The summed E-state index contributed by atoms with van der Waals surface area (Å²) >= 11 is 1.75. The van der Waals surface area contributed by atoms with Crippen LogP contribution in [0.4, 0.5) is 0 Å². The highest BCUT2D eigenvalue weighted by molar-refractivity contribution is 7.99. The van der Waals surface area contributed by atoms with Crippen LogP contribution in [-0.4, -0.2) is 39.9 Å². The fraction of sp³-hybridized carbons (Fsp3) is 0.619. The van der Waals surface area contributed by atoms with Crippen LogP contribution < -0.4 is 11.1 Å². The van der Waals surface area contributed by atoms with Crippen molar-refractivity contribution in [2.24, 2.45) is 5.73 Å². The lowest BCUT2D eigenvalue weighted by Gasteiger charge is -2.36. The molecule has 1 heterocycles. The maximum Gasteiger partial charge on any atom is 0.243 e. The van der Waals surface area contributed by atoms with Gasteiger partial charge >= 0.3 is 0 Å². The van der Waals surface area contributed by atoms with Gasteiger partial charge in [-0.05, 0) is 55.9 Å². The molecule has 3 N–H and O–H groups in total. The molecule has 2 amide bonds. The molecule has 5 nitrogen and oxygen atoms in total. The maximum atomic E-state index is 13.1. The predicted octanol–water partition coefficient (Wildman–Crippen LogP) is 2.99. The van der Waals surface area contributed by atoms with Crippen molar-refractivity contribution in [1.82, 2.24) is 10.2 Å². The molecular weight excluding hydrogens is 358 g/mol. The number of thioether (sulfide) groups is 1. The molecule has 0 saturated carbocycles. The van der Waals surface area contributed by atoms with Gasteiger partial charge in [-0.3, -0.25) is 9.59 Å². The highest BCUT2D eigenvalue weighted by Crippen LogP contribution is 2.31. The lowest BCUT2D eigenvalue weighted by molar-refractivity contribution is -0.142. The number of nitrogens with one attached hydrogen (secondary N) is 1. The van der Waals surface area contributed by atoms with Gasteiger partial charge in [0.25, 0.3) is 0 Å². The first-order chi connectivity index (χ1) is 13.0. The molecule has 1 saturated heterocycles. The molecule has 4 atom stereocenters. The van der Waals surface area contributed by atoms with E-state index in [1.165, 1.54) is 11.1 Å².